The minimum atomic E-state index is 0. The number of aryl methyl sites for hydroxylation is 1. The van der Waals surface area contributed by atoms with Gasteiger partial charge in [-0.25, -0.2) is 4.98 Å². The lowest BCUT2D eigenvalue weighted by Gasteiger charge is -2.22. The molecule has 8 nitrogen and oxygen atoms in total. The monoisotopic (exact) mass is 524 g/mol. The quantitative estimate of drug-likeness (QED) is 0.253. The molecule has 0 saturated heterocycles. The van der Waals surface area contributed by atoms with Gasteiger partial charge in [-0.15, -0.1) is 24.0 Å². The zero-order valence-electron chi connectivity index (χ0n) is 17.6. The largest absolute Gasteiger partial charge is 0.491 e. The first-order valence-corrected chi connectivity index (χ1v) is 9.80. The fraction of sp³-hybridized carbons (Fsp3) is 0.381. The highest BCUT2D eigenvalue weighted by atomic mass is 127. The molecule has 30 heavy (non-hydrogen) atoms. The van der Waals surface area contributed by atoms with Crippen LogP contribution < -0.4 is 10.1 Å². The third-order valence-electron chi connectivity index (χ3n) is 4.36. The molecule has 0 fully saturated rings. The van der Waals surface area contributed by atoms with E-state index in [2.05, 4.69) is 37.3 Å². The van der Waals surface area contributed by atoms with Crippen LogP contribution in [-0.2, 0) is 6.42 Å². The summed E-state index contributed by atoms with van der Waals surface area (Å²) in [5.74, 6) is 3.75. The number of aromatic nitrogens is 3. The summed E-state index contributed by atoms with van der Waals surface area (Å²) < 4.78 is 11.2. The molecule has 3 rings (SSSR count). The van der Waals surface area contributed by atoms with Gasteiger partial charge in [-0.3, -0.25) is 10.1 Å². The number of guanidine groups is 1. The summed E-state index contributed by atoms with van der Waals surface area (Å²) in [6.45, 7) is 6.81. The fourth-order valence-electron chi connectivity index (χ4n) is 2.78. The lowest BCUT2D eigenvalue weighted by Crippen LogP contribution is -2.41. The maximum atomic E-state index is 5.89. The van der Waals surface area contributed by atoms with E-state index in [0.29, 0.717) is 31.2 Å². The maximum absolute atomic E-state index is 5.89. The third kappa shape index (κ3) is 6.75. The molecule has 0 atom stereocenters. The van der Waals surface area contributed by atoms with Crippen molar-refractivity contribution < 1.29 is 9.15 Å². The van der Waals surface area contributed by atoms with Crippen molar-refractivity contribution in [3.63, 3.8) is 0 Å². The summed E-state index contributed by atoms with van der Waals surface area (Å²) >= 11 is 0. The normalized spacial score (nSPS) is 11.1. The summed E-state index contributed by atoms with van der Waals surface area (Å²) in [6.07, 6.45) is 2.27. The smallest absolute Gasteiger partial charge is 0.216 e. The van der Waals surface area contributed by atoms with Crippen molar-refractivity contribution in [1.29, 1.82) is 0 Å². The molecule has 0 unspecified atom stereocenters. The van der Waals surface area contributed by atoms with Gasteiger partial charge in [-0.05, 0) is 37.6 Å². The second kappa shape index (κ2) is 12.2. The van der Waals surface area contributed by atoms with Crippen molar-refractivity contribution in [2.24, 2.45) is 4.99 Å². The number of aliphatic imine (C=N–C) groups is 1. The van der Waals surface area contributed by atoms with Crippen LogP contribution in [0.4, 0.5) is 0 Å². The van der Waals surface area contributed by atoms with Crippen LogP contribution >= 0.6 is 24.0 Å². The Kier molecular flexibility index (Phi) is 9.65. The third-order valence-corrected chi connectivity index (χ3v) is 4.36. The second-order valence-corrected chi connectivity index (χ2v) is 6.60. The molecule has 0 bridgehead atoms. The van der Waals surface area contributed by atoms with Gasteiger partial charge in [-0.1, -0.05) is 18.2 Å². The van der Waals surface area contributed by atoms with Gasteiger partial charge in [0.1, 0.15) is 18.2 Å². The standard InChI is InChI=1S/C21H28N6O2.HI/c1-4-22-21(27(3)13-15-29-17-9-6-5-8-16(17)2)23-12-11-19-24-20(26-25-19)18-10-7-14-28-18;/h5-10,14H,4,11-13,15H2,1-3H3,(H,22,23)(H,24,25,26);1H. The summed E-state index contributed by atoms with van der Waals surface area (Å²) in [5, 5.41) is 10.4. The predicted octanol–water partition coefficient (Wildman–Crippen LogP) is 3.51. The second-order valence-electron chi connectivity index (χ2n) is 6.60. The van der Waals surface area contributed by atoms with Crippen molar-refractivity contribution in [2.45, 2.75) is 20.3 Å². The number of halogens is 1. The number of ether oxygens (including phenoxy) is 1. The summed E-state index contributed by atoms with van der Waals surface area (Å²) in [4.78, 5) is 11.2. The summed E-state index contributed by atoms with van der Waals surface area (Å²) in [7, 11) is 2.01. The van der Waals surface area contributed by atoms with Gasteiger partial charge in [-0.2, -0.15) is 5.10 Å². The van der Waals surface area contributed by atoms with E-state index in [4.69, 9.17) is 9.15 Å². The molecule has 0 spiro atoms. The molecule has 3 aromatic rings. The number of likely N-dealkylation sites (N-methyl/N-ethyl adjacent to an activating group) is 1. The SMILES string of the molecule is CCNC(=NCCc1nc(-c2ccco2)n[nH]1)N(C)CCOc1ccccc1C.I. The number of nitrogens with one attached hydrogen (secondary N) is 2. The number of benzene rings is 1. The van der Waals surface area contributed by atoms with Crippen LogP contribution in [0.3, 0.4) is 0 Å². The number of rotatable bonds is 9. The highest BCUT2D eigenvalue weighted by molar-refractivity contribution is 14.0. The fourth-order valence-corrected chi connectivity index (χ4v) is 2.78. The molecule has 9 heteroatoms. The minimum absolute atomic E-state index is 0. The number of hydrogen-bond donors (Lipinski definition) is 2. The Morgan fingerprint density at radius 2 is 2.10 bits per heavy atom. The Bertz CT molecular complexity index is 910. The van der Waals surface area contributed by atoms with Crippen LogP contribution in [0.2, 0.25) is 0 Å². The Hall–Kier alpha value is -2.56. The zero-order valence-corrected chi connectivity index (χ0v) is 19.9. The summed E-state index contributed by atoms with van der Waals surface area (Å²) in [5.41, 5.74) is 1.14. The number of furan rings is 1. The molecular weight excluding hydrogens is 495 g/mol. The highest BCUT2D eigenvalue weighted by Crippen LogP contribution is 2.16. The molecule has 162 valence electrons. The van der Waals surface area contributed by atoms with Gasteiger partial charge >= 0.3 is 0 Å². The van der Waals surface area contributed by atoms with Crippen molar-refractivity contribution >= 4 is 29.9 Å². The summed E-state index contributed by atoms with van der Waals surface area (Å²) in [6, 6.07) is 11.7. The number of H-pyrrole nitrogens is 1. The molecule has 2 heterocycles. The predicted molar refractivity (Wildman–Crippen MR) is 128 cm³/mol. The molecular formula is C21H29IN6O2. The Balaban J connectivity index is 0.00000320. The average Bonchev–Trinajstić information content (AvgIpc) is 3.40. The zero-order chi connectivity index (χ0) is 20.5. The molecule has 0 saturated carbocycles. The van der Waals surface area contributed by atoms with Gasteiger partial charge in [0, 0.05) is 26.6 Å². The minimum Gasteiger partial charge on any atom is -0.491 e. The number of aromatic amines is 1. The molecule has 0 aliphatic carbocycles. The Morgan fingerprint density at radius 1 is 1.27 bits per heavy atom. The topological polar surface area (TPSA) is 91.6 Å². The lowest BCUT2D eigenvalue weighted by atomic mass is 10.2. The first kappa shape index (κ1) is 23.7. The van der Waals surface area contributed by atoms with Gasteiger partial charge in [0.2, 0.25) is 5.82 Å². The molecule has 0 aliphatic rings. The van der Waals surface area contributed by atoms with Crippen molar-refractivity contribution in [1.82, 2.24) is 25.4 Å². The molecule has 2 N–H and O–H groups in total. The van der Waals surface area contributed by atoms with Crippen molar-refractivity contribution in [3.8, 4) is 17.3 Å². The van der Waals surface area contributed by atoms with Crippen molar-refractivity contribution in [3.05, 3.63) is 54.0 Å². The van der Waals surface area contributed by atoms with Gasteiger partial charge in [0.05, 0.1) is 12.8 Å². The molecule has 2 aromatic heterocycles. The van der Waals surface area contributed by atoms with Crippen LogP contribution in [0.1, 0.15) is 18.3 Å². The Labute approximate surface area is 194 Å². The van der Waals surface area contributed by atoms with E-state index >= 15 is 0 Å². The van der Waals surface area contributed by atoms with Crippen LogP contribution in [-0.4, -0.2) is 59.3 Å². The van der Waals surface area contributed by atoms with E-state index < -0.39 is 0 Å². The van der Waals surface area contributed by atoms with Crippen LogP contribution in [0.15, 0.2) is 52.1 Å². The van der Waals surface area contributed by atoms with Crippen LogP contribution in [0.25, 0.3) is 11.6 Å². The van der Waals surface area contributed by atoms with Gasteiger partial charge < -0.3 is 19.4 Å². The van der Waals surface area contributed by atoms with Crippen LogP contribution in [0, 0.1) is 6.92 Å². The first-order valence-electron chi connectivity index (χ1n) is 9.80. The van der Waals surface area contributed by atoms with E-state index in [9.17, 15) is 0 Å². The van der Waals surface area contributed by atoms with E-state index in [0.717, 1.165) is 36.2 Å². The molecule has 0 radical (unpaired) electrons. The van der Waals surface area contributed by atoms with E-state index in [1.54, 1.807) is 6.26 Å². The molecule has 0 amide bonds. The molecule has 0 aliphatic heterocycles. The van der Waals surface area contributed by atoms with Crippen molar-refractivity contribution in [2.75, 3.05) is 33.3 Å². The lowest BCUT2D eigenvalue weighted by molar-refractivity contribution is 0.280. The van der Waals surface area contributed by atoms with Crippen LogP contribution in [0.5, 0.6) is 5.75 Å². The van der Waals surface area contributed by atoms with Gasteiger partial charge in [0.25, 0.3) is 0 Å². The van der Waals surface area contributed by atoms with E-state index in [1.807, 2.05) is 50.4 Å². The number of para-hydroxylation sites is 1. The number of nitrogens with zero attached hydrogens (tertiary/aromatic N) is 4. The maximum Gasteiger partial charge on any atom is 0.216 e. The number of hydrogen-bond acceptors (Lipinski definition) is 5. The average molecular weight is 524 g/mol. The Morgan fingerprint density at radius 3 is 2.83 bits per heavy atom. The molecule has 1 aromatic carbocycles. The van der Waals surface area contributed by atoms with Gasteiger partial charge in [0.15, 0.2) is 11.7 Å². The highest BCUT2D eigenvalue weighted by Gasteiger charge is 2.09. The first-order chi connectivity index (χ1) is 14.2. The van der Waals surface area contributed by atoms with E-state index in [1.165, 1.54) is 0 Å². The van der Waals surface area contributed by atoms with E-state index in [-0.39, 0.29) is 24.0 Å².